The first kappa shape index (κ1) is 22.0. The summed E-state index contributed by atoms with van der Waals surface area (Å²) in [6, 6.07) is 8.81. The monoisotopic (exact) mass is 465 g/mol. The van der Waals surface area contributed by atoms with E-state index >= 15 is 0 Å². The number of nitrogens with one attached hydrogen (secondary N) is 1. The van der Waals surface area contributed by atoms with E-state index in [1.165, 1.54) is 28.6 Å². The second-order valence-corrected chi connectivity index (χ2v) is 10.2. The van der Waals surface area contributed by atoms with E-state index < -0.39 is 21.7 Å². The molecule has 2 aromatic rings. The number of para-hydroxylation sites is 1. The van der Waals surface area contributed by atoms with Gasteiger partial charge in [0, 0.05) is 31.7 Å². The molecule has 2 heterocycles. The van der Waals surface area contributed by atoms with Gasteiger partial charge in [-0.1, -0.05) is 24.1 Å². The molecule has 2 aliphatic rings. The molecule has 1 amide bonds. The average Bonchev–Trinajstić information content (AvgIpc) is 3.30. The maximum absolute atomic E-state index is 14.6. The molecule has 0 aromatic heterocycles. The normalized spacial score (nSPS) is 17.7. The maximum atomic E-state index is 14.6. The first-order chi connectivity index (χ1) is 14.9. The van der Waals surface area contributed by atoms with Gasteiger partial charge in [0.15, 0.2) is 0 Å². The van der Waals surface area contributed by atoms with Crippen LogP contribution in [-0.2, 0) is 10.0 Å². The fourth-order valence-electron chi connectivity index (χ4n) is 4.13. The number of carbonyl (C=O) groups excluding carboxylic acids is 1. The molecule has 0 bridgehead atoms. The Bertz CT molecular complexity index is 1080. The fraction of sp³-hybridized carbons (Fsp3) is 0.409. The first-order valence-corrected chi connectivity index (χ1v) is 12.3. The Morgan fingerprint density at radius 2 is 1.65 bits per heavy atom. The lowest BCUT2D eigenvalue weighted by atomic mass is 10.2. The zero-order chi connectivity index (χ0) is 22.0. The van der Waals surface area contributed by atoms with Crippen molar-refractivity contribution in [2.45, 2.75) is 37.0 Å². The number of carbonyl (C=O) groups is 1. The second-order valence-electron chi connectivity index (χ2n) is 7.89. The van der Waals surface area contributed by atoms with Crippen LogP contribution >= 0.6 is 11.6 Å². The molecular weight excluding hydrogens is 441 g/mol. The average molecular weight is 466 g/mol. The number of amides is 1. The van der Waals surface area contributed by atoms with Crippen LogP contribution in [-0.4, -0.2) is 44.8 Å². The van der Waals surface area contributed by atoms with E-state index in [0.717, 1.165) is 45.2 Å². The number of benzene rings is 2. The molecular formula is C22H25ClFN3O3S. The zero-order valence-corrected chi connectivity index (χ0v) is 18.7. The van der Waals surface area contributed by atoms with Gasteiger partial charge in [0.25, 0.3) is 5.91 Å². The third-order valence-corrected chi connectivity index (χ3v) is 8.18. The lowest BCUT2D eigenvalue weighted by molar-refractivity contribution is 0.102. The minimum absolute atomic E-state index is 0.0609. The van der Waals surface area contributed by atoms with Crippen molar-refractivity contribution in [3.8, 4) is 0 Å². The van der Waals surface area contributed by atoms with Gasteiger partial charge >= 0.3 is 0 Å². The first-order valence-electron chi connectivity index (χ1n) is 10.5. The number of sulfonamides is 1. The summed E-state index contributed by atoms with van der Waals surface area (Å²) in [7, 11) is -3.81. The molecule has 2 saturated heterocycles. The summed E-state index contributed by atoms with van der Waals surface area (Å²) in [5.41, 5.74) is 0.835. The van der Waals surface area contributed by atoms with E-state index in [2.05, 4.69) is 5.32 Å². The van der Waals surface area contributed by atoms with E-state index in [1.807, 2.05) is 4.90 Å². The Morgan fingerprint density at radius 3 is 2.35 bits per heavy atom. The standard InChI is InChI=1S/C22H25ClFN3O3S/c23-17-10-9-16(15-20(17)31(29,30)27-13-2-1-3-14-27)22(28)25-21-18(24)7-6-8-19(21)26-11-4-5-12-26/h6-10,15H,1-5,11-14H2,(H,25,28). The predicted octanol–water partition coefficient (Wildman–Crippen LogP) is 4.51. The molecule has 0 unspecified atom stereocenters. The number of hydrogen-bond donors (Lipinski definition) is 1. The highest BCUT2D eigenvalue weighted by atomic mass is 35.5. The van der Waals surface area contributed by atoms with E-state index in [-0.39, 0.29) is 21.2 Å². The van der Waals surface area contributed by atoms with Gasteiger partial charge in [-0.3, -0.25) is 4.79 Å². The van der Waals surface area contributed by atoms with Gasteiger partial charge in [-0.05, 0) is 56.0 Å². The molecule has 0 atom stereocenters. The summed E-state index contributed by atoms with van der Waals surface area (Å²) >= 11 is 6.20. The second kappa shape index (κ2) is 9.14. The van der Waals surface area contributed by atoms with Crippen LogP contribution in [0.4, 0.5) is 15.8 Å². The van der Waals surface area contributed by atoms with Crippen LogP contribution in [0.2, 0.25) is 5.02 Å². The zero-order valence-electron chi connectivity index (χ0n) is 17.1. The molecule has 9 heteroatoms. The van der Waals surface area contributed by atoms with Gasteiger partial charge in [-0.2, -0.15) is 4.31 Å². The number of rotatable bonds is 5. The van der Waals surface area contributed by atoms with Crippen molar-refractivity contribution in [1.82, 2.24) is 4.31 Å². The van der Waals surface area contributed by atoms with Gasteiger partial charge in [0.1, 0.15) is 16.4 Å². The minimum Gasteiger partial charge on any atom is -0.370 e. The van der Waals surface area contributed by atoms with Gasteiger partial charge in [0.2, 0.25) is 10.0 Å². The molecule has 2 aromatic carbocycles. The van der Waals surface area contributed by atoms with E-state index in [4.69, 9.17) is 11.6 Å². The smallest absolute Gasteiger partial charge is 0.255 e. The van der Waals surface area contributed by atoms with Crippen molar-refractivity contribution >= 4 is 38.9 Å². The van der Waals surface area contributed by atoms with E-state index in [0.29, 0.717) is 18.8 Å². The van der Waals surface area contributed by atoms with Crippen molar-refractivity contribution in [3.05, 3.63) is 52.8 Å². The van der Waals surface area contributed by atoms with Gasteiger partial charge < -0.3 is 10.2 Å². The fourth-order valence-corrected chi connectivity index (χ4v) is 6.15. The highest BCUT2D eigenvalue weighted by Gasteiger charge is 2.29. The topological polar surface area (TPSA) is 69.7 Å². The Morgan fingerprint density at radius 1 is 0.968 bits per heavy atom. The molecule has 2 aliphatic heterocycles. The van der Waals surface area contributed by atoms with Crippen molar-refractivity contribution in [2.75, 3.05) is 36.4 Å². The van der Waals surface area contributed by atoms with Crippen molar-refractivity contribution in [3.63, 3.8) is 0 Å². The number of halogens is 2. The molecule has 6 nitrogen and oxygen atoms in total. The lowest BCUT2D eigenvalue weighted by Crippen LogP contribution is -2.35. The third kappa shape index (κ3) is 4.56. The number of anilines is 2. The van der Waals surface area contributed by atoms with Crippen LogP contribution < -0.4 is 10.2 Å². The molecule has 4 rings (SSSR count). The lowest BCUT2D eigenvalue weighted by Gasteiger charge is -2.26. The Hall–Kier alpha value is -2.16. The Kier molecular flexibility index (Phi) is 6.50. The summed E-state index contributed by atoms with van der Waals surface area (Å²) in [6.07, 6.45) is 4.61. The maximum Gasteiger partial charge on any atom is 0.255 e. The number of hydrogen-bond acceptors (Lipinski definition) is 4. The summed E-state index contributed by atoms with van der Waals surface area (Å²) in [5.74, 6) is -1.12. The van der Waals surface area contributed by atoms with Gasteiger partial charge in [-0.15, -0.1) is 0 Å². The van der Waals surface area contributed by atoms with E-state index in [9.17, 15) is 17.6 Å². The van der Waals surface area contributed by atoms with Crippen LogP contribution in [0.5, 0.6) is 0 Å². The quantitative estimate of drug-likeness (QED) is 0.705. The number of nitrogens with zero attached hydrogens (tertiary/aromatic N) is 2. The molecule has 0 spiro atoms. The highest BCUT2D eigenvalue weighted by molar-refractivity contribution is 7.89. The minimum atomic E-state index is -3.81. The summed E-state index contributed by atoms with van der Waals surface area (Å²) in [5, 5.41) is 2.70. The van der Waals surface area contributed by atoms with Crippen LogP contribution in [0, 0.1) is 5.82 Å². The number of piperidine rings is 1. The molecule has 0 radical (unpaired) electrons. The largest absolute Gasteiger partial charge is 0.370 e. The van der Waals surface area contributed by atoms with Crippen molar-refractivity contribution in [2.24, 2.45) is 0 Å². The van der Waals surface area contributed by atoms with Crippen molar-refractivity contribution in [1.29, 1.82) is 0 Å². The van der Waals surface area contributed by atoms with Gasteiger partial charge in [-0.25, -0.2) is 12.8 Å². The molecule has 0 aliphatic carbocycles. The molecule has 2 fully saturated rings. The van der Waals surface area contributed by atoms with Crippen molar-refractivity contribution < 1.29 is 17.6 Å². The van der Waals surface area contributed by atoms with Crippen LogP contribution in [0.3, 0.4) is 0 Å². The Labute approximate surface area is 187 Å². The Balaban J connectivity index is 1.63. The summed E-state index contributed by atoms with van der Waals surface area (Å²) in [6.45, 7) is 2.46. The predicted molar refractivity (Wildman–Crippen MR) is 120 cm³/mol. The molecule has 0 saturated carbocycles. The third-order valence-electron chi connectivity index (χ3n) is 5.80. The van der Waals surface area contributed by atoms with Crippen LogP contribution in [0.25, 0.3) is 0 Å². The van der Waals surface area contributed by atoms with E-state index in [1.54, 1.807) is 12.1 Å². The summed E-state index contributed by atoms with van der Waals surface area (Å²) < 4.78 is 42.1. The molecule has 1 N–H and O–H groups in total. The summed E-state index contributed by atoms with van der Waals surface area (Å²) in [4.78, 5) is 14.9. The van der Waals surface area contributed by atoms with Crippen LogP contribution in [0.1, 0.15) is 42.5 Å². The van der Waals surface area contributed by atoms with Gasteiger partial charge in [0.05, 0.1) is 10.7 Å². The highest BCUT2D eigenvalue weighted by Crippen LogP contribution is 2.32. The van der Waals surface area contributed by atoms with Crippen LogP contribution in [0.15, 0.2) is 41.3 Å². The molecule has 166 valence electrons. The SMILES string of the molecule is O=C(Nc1c(F)cccc1N1CCCC1)c1ccc(Cl)c(S(=O)(=O)N2CCCCC2)c1. The molecule has 31 heavy (non-hydrogen) atoms.